The van der Waals surface area contributed by atoms with E-state index in [9.17, 15) is 18.4 Å². The molecule has 0 saturated carbocycles. The standard InChI is InChI=1S/C20H19F2N3O2/c1-12-5-4-6-15-19(12)23-11-25(20(15)27)10-18(26)24(3)13(2)14-7-8-16(21)17(22)9-14/h4-9,11,13H,10H2,1-3H3. The van der Waals surface area contributed by atoms with Gasteiger partial charge in [0.25, 0.3) is 5.56 Å². The maximum absolute atomic E-state index is 13.5. The van der Waals surface area contributed by atoms with Crippen molar-refractivity contribution in [1.29, 1.82) is 0 Å². The molecule has 1 unspecified atom stereocenters. The molecule has 0 aliphatic rings. The Morgan fingerprint density at radius 3 is 2.67 bits per heavy atom. The Morgan fingerprint density at radius 2 is 1.96 bits per heavy atom. The molecule has 0 radical (unpaired) electrons. The number of rotatable bonds is 4. The summed E-state index contributed by atoms with van der Waals surface area (Å²) >= 11 is 0. The number of halogens is 2. The van der Waals surface area contributed by atoms with Gasteiger partial charge in [-0.15, -0.1) is 0 Å². The molecule has 1 aromatic heterocycles. The largest absolute Gasteiger partial charge is 0.337 e. The normalized spacial score (nSPS) is 12.2. The summed E-state index contributed by atoms with van der Waals surface area (Å²) in [6.45, 7) is 3.37. The highest BCUT2D eigenvalue weighted by molar-refractivity contribution is 5.81. The van der Waals surface area contributed by atoms with E-state index in [2.05, 4.69) is 4.98 Å². The SMILES string of the molecule is Cc1cccc2c(=O)n(CC(=O)N(C)C(C)c3ccc(F)c(F)c3)cnc12. The summed E-state index contributed by atoms with van der Waals surface area (Å²) in [6, 6.07) is 8.34. The third-order valence-corrected chi connectivity index (χ3v) is 4.76. The predicted octanol–water partition coefficient (Wildman–Crippen LogP) is 3.20. The van der Waals surface area contributed by atoms with E-state index < -0.39 is 17.7 Å². The van der Waals surface area contributed by atoms with Gasteiger partial charge >= 0.3 is 0 Å². The second-order valence-electron chi connectivity index (χ2n) is 6.50. The van der Waals surface area contributed by atoms with Crippen LogP contribution < -0.4 is 5.56 Å². The number of aryl methyl sites for hydroxylation is 1. The Labute approximate surface area is 154 Å². The zero-order valence-corrected chi connectivity index (χ0v) is 15.2. The lowest BCUT2D eigenvalue weighted by Gasteiger charge is -2.25. The minimum absolute atomic E-state index is 0.194. The summed E-state index contributed by atoms with van der Waals surface area (Å²) in [5, 5.41) is 0.446. The van der Waals surface area contributed by atoms with E-state index in [0.29, 0.717) is 16.5 Å². The Balaban J connectivity index is 1.84. The molecule has 0 fully saturated rings. The molecule has 2 aromatic carbocycles. The van der Waals surface area contributed by atoms with Crippen LogP contribution in [0, 0.1) is 18.6 Å². The van der Waals surface area contributed by atoms with Crippen molar-refractivity contribution in [1.82, 2.24) is 14.5 Å². The minimum atomic E-state index is -0.967. The summed E-state index contributed by atoms with van der Waals surface area (Å²) in [7, 11) is 1.55. The van der Waals surface area contributed by atoms with Crippen molar-refractivity contribution in [3.05, 3.63) is 75.8 Å². The predicted molar refractivity (Wildman–Crippen MR) is 98.3 cm³/mol. The van der Waals surface area contributed by atoms with Crippen molar-refractivity contribution in [2.24, 2.45) is 0 Å². The van der Waals surface area contributed by atoms with Crippen LogP contribution in [0.2, 0.25) is 0 Å². The van der Waals surface area contributed by atoms with E-state index >= 15 is 0 Å². The van der Waals surface area contributed by atoms with Gasteiger partial charge in [0, 0.05) is 7.05 Å². The summed E-state index contributed by atoms with van der Waals surface area (Å²) < 4.78 is 27.8. The maximum Gasteiger partial charge on any atom is 0.261 e. The number of aromatic nitrogens is 2. The molecule has 3 rings (SSSR count). The molecule has 0 N–H and O–H groups in total. The lowest BCUT2D eigenvalue weighted by Crippen LogP contribution is -2.35. The van der Waals surface area contributed by atoms with E-state index in [1.54, 1.807) is 26.1 Å². The first kappa shape index (κ1) is 18.7. The van der Waals surface area contributed by atoms with E-state index in [4.69, 9.17) is 0 Å². The van der Waals surface area contributed by atoms with Crippen molar-refractivity contribution in [2.75, 3.05) is 7.05 Å². The Morgan fingerprint density at radius 1 is 1.22 bits per heavy atom. The minimum Gasteiger partial charge on any atom is -0.337 e. The molecule has 1 heterocycles. The number of likely N-dealkylation sites (N-methyl/N-ethyl adjacent to an activating group) is 1. The van der Waals surface area contributed by atoms with Gasteiger partial charge in [-0.1, -0.05) is 18.2 Å². The second kappa shape index (κ2) is 7.26. The number of nitrogens with zero attached hydrogens (tertiary/aromatic N) is 3. The van der Waals surface area contributed by atoms with Crippen molar-refractivity contribution in [3.63, 3.8) is 0 Å². The van der Waals surface area contributed by atoms with Gasteiger partial charge in [0.05, 0.1) is 23.3 Å². The molecule has 0 aliphatic heterocycles. The first-order valence-electron chi connectivity index (χ1n) is 8.45. The van der Waals surface area contributed by atoms with E-state index in [1.807, 2.05) is 13.0 Å². The van der Waals surface area contributed by atoms with Crippen molar-refractivity contribution in [3.8, 4) is 0 Å². The van der Waals surface area contributed by atoms with Gasteiger partial charge in [-0.05, 0) is 43.2 Å². The first-order chi connectivity index (χ1) is 12.8. The molecule has 0 saturated heterocycles. The van der Waals surface area contributed by atoms with Gasteiger partial charge in [0.2, 0.25) is 5.91 Å². The highest BCUT2D eigenvalue weighted by Gasteiger charge is 2.20. The lowest BCUT2D eigenvalue weighted by molar-refractivity contribution is -0.132. The number of carbonyl (C=O) groups is 1. The smallest absolute Gasteiger partial charge is 0.261 e. The zero-order chi connectivity index (χ0) is 19.7. The third-order valence-electron chi connectivity index (χ3n) is 4.76. The third kappa shape index (κ3) is 3.58. The molecule has 0 aliphatic carbocycles. The number of hydrogen-bond donors (Lipinski definition) is 0. The molecule has 7 heteroatoms. The van der Waals surface area contributed by atoms with Crippen LogP contribution in [-0.4, -0.2) is 27.4 Å². The Kier molecular flexibility index (Phi) is 5.03. The molecule has 1 amide bonds. The van der Waals surface area contributed by atoms with Gasteiger partial charge in [-0.3, -0.25) is 14.2 Å². The van der Waals surface area contributed by atoms with Crippen LogP contribution in [0.25, 0.3) is 10.9 Å². The van der Waals surface area contributed by atoms with Gasteiger partial charge in [0.15, 0.2) is 11.6 Å². The number of carbonyl (C=O) groups excluding carboxylic acids is 1. The molecular formula is C20H19F2N3O2. The number of fused-ring (bicyclic) bond motifs is 1. The lowest BCUT2D eigenvalue weighted by atomic mass is 10.1. The fourth-order valence-electron chi connectivity index (χ4n) is 2.92. The van der Waals surface area contributed by atoms with Gasteiger partial charge in [-0.2, -0.15) is 0 Å². The summed E-state index contributed by atoms with van der Waals surface area (Å²) in [4.78, 5) is 30.9. The molecule has 0 spiro atoms. The second-order valence-corrected chi connectivity index (χ2v) is 6.50. The van der Waals surface area contributed by atoms with Gasteiger partial charge in [-0.25, -0.2) is 13.8 Å². The van der Waals surface area contributed by atoms with Crippen molar-refractivity contribution >= 4 is 16.8 Å². The summed E-state index contributed by atoms with van der Waals surface area (Å²) in [6.07, 6.45) is 1.35. The number of benzene rings is 2. The highest BCUT2D eigenvalue weighted by Crippen LogP contribution is 2.21. The van der Waals surface area contributed by atoms with Crippen LogP contribution >= 0.6 is 0 Å². The monoisotopic (exact) mass is 371 g/mol. The van der Waals surface area contributed by atoms with E-state index in [1.165, 1.54) is 21.9 Å². The Hall–Kier alpha value is -3.09. The van der Waals surface area contributed by atoms with Crippen molar-refractivity contribution < 1.29 is 13.6 Å². The molecular weight excluding hydrogens is 352 g/mol. The maximum atomic E-state index is 13.5. The highest BCUT2D eigenvalue weighted by atomic mass is 19.2. The molecule has 3 aromatic rings. The first-order valence-corrected chi connectivity index (χ1v) is 8.45. The Bertz CT molecular complexity index is 1080. The topological polar surface area (TPSA) is 55.2 Å². The van der Waals surface area contributed by atoms with Crippen molar-refractivity contribution in [2.45, 2.75) is 26.4 Å². The zero-order valence-electron chi connectivity index (χ0n) is 15.2. The van der Waals surface area contributed by atoms with E-state index in [0.717, 1.165) is 17.7 Å². The summed E-state index contributed by atoms with van der Waals surface area (Å²) in [5.41, 5.74) is 1.65. The van der Waals surface area contributed by atoms with Gasteiger partial charge < -0.3 is 4.90 Å². The van der Waals surface area contributed by atoms with E-state index in [-0.39, 0.29) is 18.0 Å². The molecule has 5 nitrogen and oxygen atoms in total. The van der Waals surface area contributed by atoms with Crippen LogP contribution in [0.15, 0.2) is 47.5 Å². The average molecular weight is 371 g/mol. The molecule has 1 atom stereocenters. The fraction of sp³-hybridized carbons (Fsp3) is 0.250. The molecule has 0 bridgehead atoms. The molecule has 140 valence electrons. The van der Waals surface area contributed by atoms with Crippen LogP contribution in [0.1, 0.15) is 24.1 Å². The average Bonchev–Trinajstić information content (AvgIpc) is 2.65. The summed E-state index contributed by atoms with van der Waals surface area (Å²) in [5.74, 6) is -2.25. The fourth-order valence-corrected chi connectivity index (χ4v) is 2.92. The van der Waals surface area contributed by atoms with Crippen LogP contribution in [0.4, 0.5) is 8.78 Å². The van der Waals surface area contributed by atoms with Gasteiger partial charge in [0.1, 0.15) is 6.54 Å². The van der Waals surface area contributed by atoms with Crippen LogP contribution in [0.3, 0.4) is 0 Å². The molecule has 27 heavy (non-hydrogen) atoms. The van der Waals surface area contributed by atoms with Crippen LogP contribution in [0.5, 0.6) is 0 Å². The quantitative estimate of drug-likeness (QED) is 0.708. The number of amides is 1. The number of para-hydroxylation sites is 1. The van der Waals surface area contributed by atoms with Crippen LogP contribution in [-0.2, 0) is 11.3 Å². The number of hydrogen-bond acceptors (Lipinski definition) is 3.